The number of carbonyl (C=O) groups excluding carboxylic acids is 1. The molecule has 24 heavy (non-hydrogen) atoms. The Balaban J connectivity index is 1.74. The number of benzene rings is 2. The van der Waals surface area contributed by atoms with Gasteiger partial charge in [-0.2, -0.15) is 13.2 Å². The third-order valence-corrected chi connectivity index (χ3v) is 4.23. The van der Waals surface area contributed by atoms with Crippen LogP contribution < -0.4 is 10.2 Å². The molecule has 0 saturated heterocycles. The Hall–Kier alpha value is -2.50. The van der Waals surface area contributed by atoms with Gasteiger partial charge in [-0.1, -0.05) is 24.3 Å². The Labute approximate surface area is 138 Å². The lowest BCUT2D eigenvalue weighted by atomic mass is 10.1. The molecule has 0 bridgehead atoms. The largest absolute Gasteiger partial charge is 0.416 e. The van der Waals surface area contributed by atoms with Crippen molar-refractivity contribution in [1.82, 2.24) is 0 Å². The Kier molecular flexibility index (Phi) is 4.22. The van der Waals surface area contributed by atoms with E-state index in [1.807, 2.05) is 29.2 Å². The summed E-state index contributed by atoms with van der Waals surface area (Å²) in [6.45, 7) is 2.47. The molecule has 0 radical (unpaired) electrons. The van der Waals surface area contributed by atoms with Crippen LogP contribution in [0, 0.1) is 0 Å². The summed E-state index contributed by atoms with van der Waals surface area (Å²) in [5.41, 5.74) is 1.55. The molecule has 1 aliphatic heterocycles. The van der Waals surface area contributed by atoms with Gasteiger partial charge in [0.15, 0.2) is 0 Å². The van der Waals surface area contributed by atoms with Crippen LogP contribution in [0.15, 0.2) is 48.5 Å². The predicted octanol–water partition coefficient (Wildman–Crippen LogP) is 4.10. The molecule has 0 unspecified atom stereocenters. The number of carbonyl (C=O) groups is 1. The van der Waals surface area contributed by atoms with Crippen LogP contribution in [-0.2, 0) is 17.4 Å². The fraction of sp³-hybridized carbons (Fsp3) is 0.278. The summed E-state index contributed by atoms with van der Waals surface area (Å²) < 4.78 is 38.3. The van der Waals surface area contributed by atoms with Crippen molar-refractivity contribution in [1.29, 1.82) is 0 Å². The van der Waals surface area contributed by atoms with E-state index in [9.17, 15) is 18.0 Å². The van der Waals surface area contributed by atoms with Gasteiger partial charge in [-0.3, -0.25) is 4.79 Å². The molecule has 3 nitrogen and oxygen atoms in total. The normalized spacial score (nSPS) is 15.1. The number of para-hydroxylation sites is 1. The second-order valence-corrected chi connectivity index (χ2v) is 5.82. The van der Waals surface area contributed by atoms with Crippen LogP contribution in [0.5, 0.6) is 0 Å². The maximum absolute atomic E-state index is 12.8. The lowest BCUT2D eigenvalue weighted by Gasteiger charge is -2.26. The topological polar surface area (TPSA) is 32.3 Å². The summed E-state index contributed by atoms with van der Waals surface area (Å²) in [4.78, 5) is 14.4. The molecular formula is C18H17F3N2O. The Morgan fingerprint density at radius 1 is 1.17 bits per heavy atom. The van der Waals surface area contributed by atoms with Crippen molar-refractivity contribution in [3.05, 3.63) is 59.7 Å². The smallest absolute Gasteiger partial charge is 0.359 e. The van der Waals surface area contributed by atoms with E-state index in [1.165, 1.54) is 17.7 Å². The van der Waals surface area contributed by atoms with Gasteiger partial charge < -0.3 is 10.2 Å². The van der Waals surface area contributed by atoms with Crippen LogP contribution in [0.25, 0.3) is 0 Å². The highest BCUT2D eigenvalue weighted by Gasteiger charge is 2.31. The molecule has 2 aromatic rings. The van der Waals surface area contributed by atoms with Gasteiger partial charge in [0.05, 0.1) is 5.56 Å². The third-order valence-electron chi connectivity index (χ3n) is 4.23. The molecule has 0 fully saturated rings. The lowest BCUT2D eigenvalue weighted by molar-refractivity contribution is -0.137. The molecule has 1 amide bonds. The highest BCUT2D eigenvalue weighted by Crippen LogP contribution is 2.31. The van der Waals surface area contributed by atoms with Gasteiger partial charge in [0.2, 0.25) is 5.91 Å². The van der Waals surface area contributed by atoms with E-state index in [1.54, 1.807) is 6.92 Å². The van der Waals surface area contributed by atoms with Crippen molar-refractivity contribution in [2.24, 2.45) is 0 Å². The first kappa shape index (κ1) is 16.4. The number of nitrogens with zero attached hydrogens (tertiary/aromatic N) is 1. The Morgan fingerprint density at radius 3 is 2.67 bits per heavy atom. The molecule has 3 rings (SSSR count). The number of hydrogen-bond acceptors (Lipinski definition) is 2. The molecule has 1 heterocycles. The number of fused-ring (bicyclic) bond motifs is 1. The molecule has 1 N–H and O–H groups in total. The number of amides is 1. The van der Waals surface area contributed by atoms with E-state index in [2.05, 4.69) is 5.32 Å². The first-order chi connectivity index (χ1) is 11.4. The number of halogens is 3. The molecular weight excluding hydrogens is 317 g/mol. The van der Waals surface area contributed by atoms with Crippen LogP contribution in [0.1, 0.15) is 18.1 Å². The maximum Gasteiger partial charge on any atom is 0.416 e. The number of hydrogen-bond donors (Lipinski definition) is 1. The molecule has 1 atom stereocenters. The Bertz CT molecular complexity index is 758. The van der Waals surface area contributed by atoms with Gasteiger partial charge in [-0.25, -0.2) is 0 Å². The zero-order chi connectivity index (χ0) is 17.3. The van der Waals surface area contributed by atoms with Crippen molar-refractivity contribution >= 4 is 17.3 Å². The molecule has 1 aliphatic rings. The average Bonchev–Trinajstić information content (AvgIpc) is 2.97. The molecule has 0 spiro atoms. The molecule has 6 heteroatoms. The maximum atomic E-state index is 12.8. The minimum absolute atomic E-state index is 0.147. The zero-order valence-electron chi connectivity index (χ0n) is 13.1. The standard InChI is InChI=1S/C18H17F3N2O/c1-12(23-10-9-13-5-2-3-8-16(13)23)17(24)22-15-7-4-6-14(11-15)18(19,20)21/h2-8,11-12H,9-10H2,1H3,(H,22,24)/t12-/m1/s1. The molecule has 2 aromatic carbocycles. The highest BCUT2D eigenvalue weighted by molar-refractivity contribution is 5.97. The van der Waals surface area contributed by atoms with E-state index in [4.69, 9.17) is 0 Å². The average molecular weight is 334 g/mol. The van der Waals surface area contributed by atoms with E-state index >= 15 is 0 Å². The first-order valence-corrected chi connectivity index (χ1v) is 7.69. The Morgan fingerprint density at radius 2 is 1.92 bits per heavy atom. The summed E-state index contributed by atoms with van der Waals surface area (Å²) in [6, 6.07) is 12.0. The van der Waals surface area contributed by atoms with Gasteiger partial charge in [-0.15, -0.1) is 0 Å². The van der Waals surface area contributed by atoms with Gasteiger partial charge in [-0.05, 0) is 43.2 Å². The number of rotatable bonds is 3. The summed E-state index contributed by atoms with van der Waals surface area (Å²) >= 11 is 0. The van der Waals surface area contributed by atoms with Crippen LogP contribution in [0.3, 0.4) is 0 Å². The van der Waals surface area contributed by atoms with Gasteiger partial charge in [0.1, 0.15) is 6.04 Å². The second kappa shape index (κ2) is 6.19. The number of nitrogens with one attached hydrogen (secondary N) is 1. The van der Waals surface area contributed by atoms with Crippen molar-refractivity contribution in [2.75, 3.05) is 16.8 Å². The summed E-state index contributed by atoms with van der Waals surface area (Å²) in [6.07, 6.45) is -3.57. The van der Waals surface area contributed by atoms with E-state index in [0.717, 1.165) is 30.8 Å². The minimum atomic E-state index is -4.43. The summed E-state index contributed by atoms with van der Waals surface area (Å²) in [5, 5.41) is 2.58. The van der Waals surface area contributed by atoms with Crippen LogP contribution in [0.2, 0.25) is 0 Å². The number of anilines is 2. The van der Waals surface area contributed by atoms with Crippen LogP contribution in [0.4, 0.5) is 24.5 Å². The summed E-state index contributed by atoms with van der Waals surface area (Å²) in [5.74, 6) is -0.328. The van der Waals surface area contributed by atoms with Crippen LogP contribution >= 0.6 is 0 Å². The third kappa shape index (κ3) is 3.22. The number of alkyl halides is 3. The minimum Gasteiger partial charge on any atom is -0.359 e. The van der Waals surface area contributed by atoms with Gasteiger partial charge in [0, 0.05) is 17.9 Å². The van der Waals surface area contributed by atoms with Crippen molar-refractivity contribution in [3.63, 3.8) is 0 Å². The molecule has 0 saturated carbocycles. The van der Waals surface area contributed by atoms with Crippen molar-refractivity contribution < 1.29 is 18.0 Å². The fourth-order valence-corrected chi connectivity index (χ4v) is 2.93. The van der Waals surface area contributed by atoms with E-state index in [0.29, 0.717) is 0 Å². The quantitative estimate of drug-likeness (QED) is 0.917. The van der Waals surface area contributed by atoms with Crippen molar-refractivity contribution in [2.45, 2.75) is 25.6 Å². The van der Waals surface area contributed by atoms with Gasteiger partial charge in [0.25, 0.3) is 0 Å². The summed E-state index contributed by atoms with van der Waals surface area (Å²) in [7, 11) is 0. The van der Waals surface area contributed by atoms with E-state index < -0.39 is 17.8 Å². The molecule has 0 aromatic heterocycles. The van der Waals surface area contributed by atoms with E-state index in [-0.39, 0.29) is 11.6 Å². The fourth-order valence-electron chi connectivity index (χ4n) is 2.93. The lowest BCUT2D eigenvalue weighted by Crippen LogP contribution is -2.41. The van der Waals surface area contributed by atoms with Crippen molar-refractivity contribution in [3.8, 4) is 0 Å². The second-order valence-electron chi connectivity index (χ2n) is 5.82. The monoisotopic (exact) mass is 334 g/mol. The first-order valence-electron chi connectivity index (χ1n) is 7.69. The highest BCUT2D eigenvalue weighted by atomic mass is 19.4. The van der Waals surface area contributed by atoms with Gasteiger partial charge >= 0.3 is 6.18 Å². The predicted molar refractivity (Wildman–Crippen MR) is 87.0 cm³/mol. The molecule has 126 valence electrons. The van der Waals surface area contributed by atoms with Crippen LogP contribution in [-0.4, -0.2) is 18.5 Å². The zero-order valence-corrected chi connectivity index (χ0v) is 13.1. The SMILES string of the molecule is C[C@H](C(=O)Nc1cccc(C(F)(F)F)c1)N1CCc2ccccc21. The molecule has 0 aliphatic carbocycles.